The molecule has 0 bridgehead atoms. The van der Waals surface area contributed by atoms with Crippen LogP contribution in [0.1, 0.15) is 56.2 Å². The molecule has 2 atom stereocenters. The molecule has 240 valence electrons. The Bertz CT molecular complexity index is 1640. The Kier molecular flexibility index (Phi) is 8.56. The molecule has 9 heteroatoms. The third-order valence-electron chi connectivity index (χ3n) is 11.0. The molecule has 1 aliphatic carbocycles. The normalized spacial score (nSPS) is 22.9. The predicted octanol–water partition coefficient (Wildman–Crippen LogP) is 5.34. The Hall–Kier alpha value is -4.16. The van der Waals surface area contributed by atoms with Crippen LogP contribution in [-0.2, 0) is 17.8 Å². The van der Waals surface area contributed by atoms with Crippen LogP contribution in [0.2, 0.25) is 0 Å². The fraction of sp³-hybridized carbons (Fsp3) is 0.514. The lowest BCUT2D eigenvalue weighted by Gasteiger charge is -2.42. The van der Waals surface area contributed by atoms with Gasteiger partial charge in [-0.3, -0.25) is 4.79 Å². The number of hydrogen-bond donors (Lipinski definition) is 0. The number of nitrogens with zero attached hydrogens (tertiary/aromatic N) is 7. The molecule has 46 heavy (non-hydrogen) atoms. The number of ether oxygens (including phenoxy) is 1. The van der Waals surface area contributed by atoms with E-state index < -0.39 is 0 Å². The Labute approximate surface area is 272 Å². The minimum Gasteiger partial charge on any atom is -0.463 e. The van der Waals surface area contributed by atoms with E-state index in [1.807, 2.05) is 0 Å². The van der Waals surface area contributed by atoms with Crippen molar-refractivity contribution in [3.63, 3.8) is 0 Å². The van der Waals surface area contributed by atoms with E-state index in [1.165, 1.54) is 61.1 Å². The van der Waals surface area contributed by atoms with Crippen LogP contribution in [0.4, 0.5) is 11.5 Å². The second kappa shape index (κ2) is 12.9. The molecule has 0 radical (unpaired) electrons. The summed E-state index contributed by atoms with van der Waals surface area (Å²) in [6.07, 6.45) is 9.75. The van der Waals surface area contributed by atoms with Gasteiger partial charge in [-0.25, -0.2) is 0 Å². The number of nitriles is 1. The zero-order valence-corrected chi connectivity index (χ0v) is 27.0. The topological polar surface area (TPSA) is 88.8 Å². The monoisotopic (exact) mass is 619 g/mol. The van der Waals surface area contributed by atoms with Crippen molar-refractivity contribution < 1.29 is 9.53 Å². The molecule has 1 unspecified atom stereocenters. The number of hydrogen-bond acceptors (Lipinski definition) is 8. The number of aromatic nitrogens is 2. The van der Waals surface area contributed by atoms with Gasteiger partial charge in [0.05, 0.1) is 37.4 Å². The Morgan fingerprint density at radius 3 is 2.67 bits per heavy atom. The Balaban J connectivity index is 1.22. The predicted molar refractivity (Wildman–Crippen MR) is 181 cm³/mol. The second-order valence-electron chi connectivity index (χ2n) is 13.6. The number of amides is 1. The van der Waals surface area contributed by atoms with Gasteiger partial charge in [0.2, 0.25) is 5.91 Å². The number of carbonyl (C=O) groups excluding carboxylic acids is 1. The molecule has 1 amide bonds. The molecule has 0 N–H and O–H groups in total. The highest BCUT2D eigenvalue weighted by atomic mass is 16.5. The van der Waals surface area contributed by atoms with E-state index in [0.29, 0.717) is 44.8 Å². The minimum atomic E-state index is -0.227. The van der Waals surface area contributed by atoms with Gasteiger partial charge in [0.15, 0.2) is 0 Å². The van der Waals surface area contributed by atoms with Crippen LogP contribution >= 0.6 is 0 Å². The van der Waals surface area contributed by atoms with Crippen molar-refractivity contribution in [2.75, 3.05) is 56.2 Å². The highest BCUT2D eigenvalue weighted by Gasteiger charge is 2.45. The summed E-state index contributed by atoms with van der Waals surface area (Å²) in [5.74, 6) is 0.766. The van der Waals surface area contributed by atoms with Crippen molar-refractivity contribution in [1.82, 2.24) is 19.8 Å². The molecule has 4 aliphatic rings. The number of piperazine rings is 1. The van der Waals surface area contributed by atoms with E-state index in [1.54, 1.807) is 4.90 Å². The lowest BCUT2D eigenvalue weighted by Crippen LogP contribution is -2.55. The average molecular weight is 620 g/mol. The molecule has 3 aliphatic heterocycles. The molecule has 2 aromatic carbocycles. The standard InChI is InChI=1S/C37H45N7O2/c1-3-34(45)44-23-22-43(24-28(44)15-19-38)35-30-16-21-42(32-13-8-11-27-10-4-5-12-29(27)32)25-31(30)39-36(40-35)46-26-37(17-6-7-18-37)33-14-9-20-41(33)2/h3-5,8,10-13,28,33H,1,6-7,9,14-18,20-26H2,2H3/t28-,33?/m0/s1. The van der Waals surface area contributed by atoms with Crippen molar-refractivity contribution in [2.24, 2.45) is 5.41 Å². The van der Waals surface area contributed by atoms with Gasteiger partial charge in [-0.15, -0.1) is 0 Å². The van der Waals surface area contributed by atoms with Crippen molar-refractivity contribution in [1.29, 1.82) is 5.26 Å². The Morgan fingerprint density at radius 1 is 1.07 bits per heavy atom. The zero-order valence-electron chi connectivity index (χ0n) is 27.0. The van der Waals surface area contributed by atoms with Crippen LogP contribution in [0.5, 0.6) is 6.01 Å². The first-order valence-electron chi connectivity index (χ1n) is 17.0. The molecule has 3 fully saturated rings. The first-order chi connectivity index (χ1) is 22.5. The molecular formula is C37H45N7O2. The molecular weight excluding hydrogens is 574 g/mol. The lowest BCUT2D eigenvalue weighted by molar-refractivity contribution is -0.128. The van der Waals surface area contributed by atoms with Crippen LogP contribution in [0, 0.1) is 16.7 Å². The zero-order chi connectivity index (χ0) is 31.7. The number of carbonyl (C=O) groups is 1. The molecule has 1 saturated carbocycles. The summed E-state index contributed by atoms with van der Waals surface area (Å²) in [5, 5.41) is 12.1. The fourth-order valence-corrected chi connectivity index (χ4v) is 8.68. The van der Waals surface area contributed by atoms with Crippen molar-refractivity contribution in [3.05, 3.63) is 66.4 Å². The van der Waals surface area contributed by atoms with E-state index in [4.69, 9.17) is 14.7 Å². The van der Waals surface area contributed by atoms with Gasteiger partial charge in [0.1, 0.15) is 5.82 Å². The lowest BCUT2D eigenvalue weighted by atomic mass is 9.78. The molecule has 9 nitrogen and oxygen atoms in total. The summed E-state index contributed by atoms with van der Waals surface area (Å²) in [6.45, 7) is 8.69. The molecule has 3 aromatic rings. The van der Waals surface area contributed by atoms with Gasteiger partial charge in [0, 0.05) is 54.3 Å². The van der Waals surface area contributed by atoms with E-state index in [-0.39, 0.29) is 23.8 Å². The number of anilines is 2. The van der Waals surface area contributed by atoms with E-state index in [2.05, 4.69) is 76.9 Å². The van der Waals surface area contributed by atoms with Gasteiger partial charge < -0.3 is 24.3 Å². The average Bonchev–Trinajstić information content (AvgIpc) is 3.76. The first kappa shape index (κ1) is 30.5. The summed E-state index contributed by atoms with van der Waals surface area (Å²) in [6, 6.07) is 18.1. The summed E-state index contributed by atoms with van der Waals surface area (Å²) >= 11 is 0. The maximum atomic E-state index is 12.6. The van der Waals surface area contributed by atoms with E-state index in [0.717, 1.165) is 36.6 Å². The highest BCUT2D eigenvalue weighted by Crippen LogP contribution is 2.46. The van der Waals surface area contributed by atoms with Crippen molar-refractivity contribution in [3.8, 4) is 12.1 Å². The van der Waals surface area contributed by atoms with Crippen molar-refractivity contribution >= 4 is 28.2 Å². The smallest absolute Gasteiger partial charge is 0.318 e. The largest absolute Gasteiger partial charge is 0.463 e. The van der Waals surface area contributed by atoms with Crippen LogP contribution in [0.15, 0.2) is 55.1 Å². The third kappa shape index (κ3) is 5.68. The number of likely N-dealkylation sites (tertiary alicyclic amines) is 1. The fourth-order valence-electron chi connectivity index (χ4n) is 8.68. The van der Waals surface area contributed by atoms with E-state index in [9.17, 15) is 10.1 Å². The Morgan fingerprint density at radius 2 is 1.89 bits per heavy atom. The first-order valence-corrected chi connectivity index (χ1v) is 17.0. The number of rotatable bonds is 8. The summed E-state index contributed by atoms with van der Waals surface area (Å²) in [4.78, 5) is 31.9. The van der Waals surface area contributed by atoms with Gasteiger partial charge >= 0.3 is 6.01 Å². The highest BCUT2D eigenvalue weighted by molar-refractivity contribution is 5.94. The minimum absolute atomic E-state index is 0.127. The van der Waals surface area contributed by atoms with Crippen LogP contribution in [0.25, 0.3) is 10.8 Å². The van der Waals surface area contributed by atoms with E-state index >= 15 is 0 Å². The number of fused-ring (bicyclic) bond motifs is 2. The third-order valence-corrected chi connectivity index (χ3v) is 11.0. The number of benzene rings is 2. The second-order valence-corrected chi connectivity index (χ2v) is 13.6. The summed E-state index contributed by atoms with van der Waals surface area (Å²) in [5.41, 5.74) is 3.49. The molecule has 0 spiro atoms. The molecule has 2 saturated heterocycles. The maximum absolute atomic E-state index is 12.6. The molecule has 7 rings (SSSR count). The maximum Gasteiger partial charge on any atom is 0.318 e. The van der Waals surface area contributed by atoms with Gasteiger partial charge in [-0.2, -0.15) is 15.2 Å². The molecule has 1 aromatic heterocycles. The van der Waals surface area contributed by atoms with Crippen LogP contribution in [-0.4, -0.2) is 84.1 Å². The summed E-state index contributed by atoms with van der Waals surface area (Å²) < 4.78 is 6.69. The van der Waals surface area contributed by atoms with Crippen LogP contribution < -0.4 is 14.5 Å². The van der Waals surface area contributed by atoms with Gasteiger partial charge in [0.25, 0.3) is 0 Å². The van der Waals surface area contributed by atoms with Crippen LogP contribution in [0.3, 0.4) is 0 Å². The summed E-state index contributed by atoms with van der Waals surface area (Å²) in [7, 11) is 2.27. The molecule has 4 heterocycles. The van der Waals surface area contributed by atoms with Gasteiger partial charge in [-0.1, -0.05) is 55.8 Å². The van der Waals surface area contributed by atoms with Gasteiger partial charge in [-0.05, 0) is 63.2 Å². The quantitative estimate of drug-likeness (QED) is 0.312. The van der Waals surface area contributed by atoms with Crippen molar-refractivity contribution in [2.45, 2.75) is 70.0 Å². The SMILES string of the molecule is C=CC(=O)N1CCN(c2nc(OCC3(C4CCCN4C)CCCC3)nc3c2CCN(c2cccc4ccccc24)C3)C[C@@H]1CC#N.